The fourth-order valence-corrected chi connectivity index (χ4v) is 6.38. The highest BCUT2D eigenvalue weighted by atomic mass is 28.4. The topological polar surface area (TPSA) is 9.23 Å². The Morgan fingerprint density at radius 1 is 0.680 bits per heavy atom. The molecule has 0 amide bonds. The molecular weight excluding hydrogens is 320 g/mol. The maximum atomic E-state index is 6.59. The SMILES string of the molecule is CCCCCCCCCC[Si](C)(Oc1ccccc1)c1ccccc1. The Balaban J connectivity index is 1.87. The molecule has 0 aliphatic carbocycles. The van der Waals surface area contributed by atoms with E-state index in [0.717, 1.165) is 5.75 Å². The number of benzene rings is 2. The van der Waals surface area contributed by atoms with E-state index in [2.05, 4.69) is 68.1 Å². The molecule has 0 aromatic heterocycles. The van der Waals surface area contributed by atoms with Gasteiger partial charge in [0.2, 0.25) is 0 Å². The van der Waals surface area contributed by atoms with E-state index in [-0.39, 0.29) is 0 Å². The van der Waals surface area contributed by atoms with Crippen LogP contribution in [0.3, 0.4) is 0 Å². The molecule has 0 bridgehead atoms. The van der Waals surface area contributed by atoms with E-state index < -0.39 is 8.32 Å². The molecule has 1 unspecified atom stereocenters. The maximum absolute atomic E-state index is 6.59. The summed E-state index contributed by atoms with van der Waals surface area (Å²) in [6.07, 6.45) is 10.9. The Labute approximate surface area is 155 Å². The number of rotatable bonds is 12. The van der Waals surface area contributed by atoms with Gasteiger partial charge in [0.05, 0.1) is 0 Å². The number of unbranched alkanes of at least 4 members (excludes halogenated alkanes) is 7. The molecule has 136 valence electrons. The summed E-state index contributed by atoms with van der Waals surface area (Å²) in [6.45, 7) is 4.65. The van der Waals surface area contributed by atoms with Crippen LogP contribution in [0.1, 0.15) is 58.3 Å². The Hall–Kier alpha value is -1.54. The molecule has 0 saturated carbocycles. The third-order valence-electron chi connectivity index (χ3n) is 4.98. The normalized spacial score (nSPS) is 13.4. The zero-order chi connectivity index (χ0) is 17.8. The zero-order valence-electron chi connectivity index (χ0n) is 16.0. The molecule has 2 aromatic carbocycles. The molecule has 0 heterocycles. The van der Waals surface area contributed by atoms with Gasteiger partial charge in [0.15, 0.2) is 0 Å². The van der Waals surface area contributed by atoms with Crippen molar-refractivity contribution in [3.05, 3.63) is 60.7 Å². The molecule has 25 heavy (non-hydrogen) atoms. The first kappa shape index (κ1) is 19.8. The van der Waals surface area contributed by atoms with E-state index in [0.29, 0.717) is 0 Å². The van der Waals surface area contributed by atoms with E-state index in [9.17, 15) is 0 Å². The molecule has 0 aliphatic heterocycles. The predicted molar refractivity (Wildman–Crippen MR) is 112 cm³/mol. The van der Waals surface area contributed by atoms with Gasteiger partial charge in [-0.1, -0.05) is 107 Å². The third kappa shape index (κ3) is 7.07. The van der Waals surface area contributed by atoms with Crippen LogP contribution in [0.25, 0.3) is 0 Å². The van der Waals surface area contributed by atoms with E-state index in [4.69, 9.17) is 4.43 Å². The van der Waals surface area contributed by atoms with Gasteiger partial charge in [-0.15, -0.1) is 0 Å². The second kappa shape index (κ2) is 11.1. The quantitative estimate of drug-likeness (QED) is 0.305. The molecule has 0 radical (unpaired) electrons. The van der Waals surface area contributed by atoms with Gasteiger partial charge in [-0.05, 0) is 29.9 Å². The zero-order valence-corrected chi connectivity index (χ0v) is 17.0. The number of hydrogen-bond acceptors (Lipinski definition) is 1. The minimum Gasteiger partial charge on any atom is -0.539 e. The lowest BCUT2D eigenvalue weighted by molar-refractivity contribution is 0.539. The van der Waals surface area contributed by atoms with Crippen molar-refractivity contribution in [2.24, 2.45) is 0 Å². The van der Waals surface area contributed by atoms with Gasteiger partial charge in [-0.25, -0.2) is 0 Å². The summed E-state index contributed by atoms with van der Waals surface area (Å²) in [5.41, 5.74) is 0. The molecule has 2 aromatic rings. The fraction of sp³-hybridized carbons (Fsp3) is 0.478. The van der Waals surface area contributed by atoms with Crippen LogP contribution >= 0.6 is 0 Å². The van der Waals surface area contributed by atoms with Crippen molar-refractivity contribution in [3.63, 3.8) is 0 Å². The summed E-state index contributed by atoms with van der Waals surface area (Å²) in [7, 11) is -1.95. The summed E-state index contributed by atoms with van der Waals surface area (Å²) in [6, 6.07) is 22.4. The van der Waals surface area contributed by atoms with Crippen LogP contribution in [0, 0.1) is 0 Å². The molecule has 0 spiro atoms. The highest BCUT2D eigenvalue weighted by Crippen LogP contribution is 2.22. The lowest BCUT2D eigenvalue weighted by Crippen LogP contribution is -2.50. The van der Waals surface area contributed by atoms with Crippen molar-refractivity contribution in [3.8, 4) is 5.75 Å². The smallest absolute Gasteiger partial charge is 0.279 e. The predicted octanol–water partition coefficient (Wildman–Crippen LogP) is 6.69. The van der Waals surface area contributed by atoms with Gasteiger partial charge in [-0.2, -0.15) is 0 Å². The van der Waals surface area contributed by atoms with Gasteiger partial charge in [0, 0.05) is 0 Å². The lowest BCUT2D eigenvalue weighted by Gasteiger charge is -2.29. The summed E-state index contributed by atoms with van der Waals surface area (Å²) in [5.74, 6) is 1.01. The van der Waals surface area contributed by atoms with Crippen molar-refractivity contribution in [1.82, 2.24) is 0 Å². The van der Waals surface area contributed by atoms with Gasteiger partial charge < -0.3 is 4.43 Å². The Morgan fingerprint density at radius 3 is 1.80 bits per heavy atom. The summed E-state index contributed by atoms with van der Waals surface area (Å²) in [5, 5.41) is 1.40. The van der Waals surface area contributed by atoms with Gasteiger partial charge in [0.1, 0.15) is 5.75 Å². The van der Waals surface area contributed by atoms with Gasteiger partial charge in [0.25, 0.3) is 8.32 Å². The van der Waals surface area contributed by atoms with Crippen molar-refractivity contribution in [2.75, 3.05) is 0 Å². The minimum atomic E-state index is -1.95. The van der Waals surface area contributed by atoms with Crippen LogP contribution in [-0.4, -0.2) is 8.32 Å². The summed E-state index contributed by atoms with van der Waals surface area (Å²) in [4.78, 5) is 0. The highest BCUT2D eigenvalue weighted by molar-refractivity contribution is 6.86. The van der Waals surface area contributed by atoms with Crippen molar-refractivity contribution >= 4 is 13.5 Å². The third-order valence-corrected chi connectivity index (χ3v) is 8.53. The first-order chi connectivity index (χ1) is 12.2. The molecular formula is C23H34OSi. The molecule has 0 N–H and O–H groups in total. The van der Waals surface area contributed by atoms with Gasteiger partial charge >= 0.3 is 0 Å². The minimum absolute atomic E-state index is 1.01. The van der Waals surface area contributed by atoms with Crippen LogP contribution in [-0.2, 0) is 0 Å². The average molecular weight is 355 g/mol. The van der Waals surface area contributed by atoms with E-state index in [1.54, 1.807) is 0 Å². The summed E-state index contributed by atoms with van der Waals surface area (Å²) < 4.78 is 6.59. The molecule has 2 heteroatoms. The molecule has 2 rings (SSSR count). The Bertz CT molecular complexity index is 569. The maximum Gasteiger partial charge on any atom is 0.279 e. The van der Waals surface area contributed by atoms with E-state index in [1.807, 2.05) is 6.07 Å². The first-order valence-electron chi connectivity index (χ1n) is 10.0. The van der Waals surface area contributed by atoms with Gasteiger partial charge in [-0.3, -0.25) is 0 Å². The van der Waals surface area contributed by atoms with Crippen LogP contribution in [0.4, 0.5) is 0 Å². The molecule has 0 aliphatic rings. The number of para-hydroxylation sites is 1. The molecule has 1 nitrogen and oxygen atoms in total. The Morgan fingerprint density at radius 2 is 1.20 bits per heavy atom. The molecule has 0 fully saturated rings. The monoisotopic (exact) mass is 354 g/mol. The second-order valence-electron chi connectivity index (χ2n) is 7.24. The molecule has 1 atom stereocenters. The van der Waals surface area contributed by atoms with Crippen molar-refractivity contribution in [2.45, 2.75) is 70.9 Å². The molecule has 0 saturated heterocycles. The van der Waals surface area contributed by atoms with E-state index >= 15 is 0 Å². The Kier molecular flexibility index (Phi) is 8.82. The van der Waals surface area contributed by atoms with E-state index in [1.165, 1.54) is 62.6 Å². The van der Waals surface area contributed by atoms with Crippen LogP contribution in [0.5, 0.6) is 5.75 Å². The van der Waals surface area contributed by atoms with Crippen LogP contribution in [0.2, 0.25) is 12.6 Å². The standard InChI is InChI=1S/C23H34OSi/c1-3-4-5-6-7-8-9-16-21-25(2,23-19-14-11-15-20-23)24-22-17-12-10-13-18-22/h10-15,17-20H,3-9,16,21H2,1-2H3. The second-order valence-corrected chi connectivity index (χ2v) is 11.0. The first-order valence-corrected chi connectivity index (χ1v) is 12.7. The van der Waals surface area contributed by atoms with Crippen molar-refractivity contribution < 1.29 is 4.43 Å². The van der Waals surface area contributed by atoms with Crippen molar-refractivity contribution in [1.29, 1.82) is 0 Å². The highest BCUT2D eigenvalue weighted by Gasteiger charge is 2.32. The summed E-state index contributed by atoms with van der Waals surface area (Å²) >= 11 is 0. The average Bonchev–Trinajstić information content (AvgIpc) is 2.65. The largest absolute Gasteiger partial charge is 0.539 e. The fourth-order valence-electron chi connectivity index (χ4n) is 3.39. The number of hydrogen-bond donors (Lipinski definition) is 0. The van der Waals surface area contributed by atoms with Crippen LogP contribution < -0.4 is 9.61 Å². The lowest BCUT2D eigenvalue weighted by atomic mass is 10.1. The van der Waals surface area contributed by atoms with Crippen LogP contribution in [0.15, 0.2) is 60.7 Å².